The van der Waals surface area contributed by atoms with E-state index in [2.05, 4.69) is 22.7 Å². The second-order valence-corrected chi connectivity index (χ2v) is 3.98. The number of aryl methyl sites for hydroxylation is 1. The Morgan fingerprint density at radius 3 is 2.58 bits per heavy atom. The first-order valence-corrected chi connectivity index (χ1v) is 5.56. The van der Waals surface area contributed by atoms with E-state index in [1.54, 1.807) is 6.92 Å². The number of alkyl halides is 3. The maximum atomic E-state index is 12.5. The predicted molar refractivity (Wildman–Crippen MR) is 64.8 cm³/mol. The van der Waals surface area contributed by atoms with Crippen molar-refractivity contribution in [1.29, 1.82) is 0 Å². The highest BCUT2D eigenvalue weighted by molar-refractivity contribution is 7.80. The molecule has 3 N–H and O–H groups in total. The fraction of sp³-hybridized carbons (Fsp3) is 0.444. The summed E-state index contributed by atoms with van der Waals surface area (Å²) in [6.45, 7) is 1.94. The largest absolute Gasteiger partial charge is 0.433 e. The number of amides is 1. The lowest BCUT2D eigenvalue weighted by molar-refractivity contribution is -0.143. The van der Waals surface area contributed by atoms with Crippen molar-refractivity contribution in [1.82, 2.24) is 20.2 Å². The number of nitrogens with zero attached hydrogens (tertiary/aromatic N) is 3. The van der Waals surface area contributed by atoms with Crippen molar-refractivity contribution in [3.8, 4) is 0 Å². The summed E-state index contributed by atoms with van der Waals surface area (Å²) in [7, 11) is 1.10. The fourth-order valence-corrected chi connectivity index (χ4v) is 1.49. The number of carbonyl (C=O) groups excluding carboxylic acids is 1. The topological polar surface area (TPSA) is 76.2 Å². The summed E-state index contributed by atoms with van der Waals surface area (Å²) in [5.74, 6) is -0.819. The van der Waals surface area contributed by atoms with Crippen LogP contribution in [0.15, 0.2) is 6.07 Å². The molecule has 0 saturated heterocycles. The van der Waals surface area contributed by atoms with Gasteiger partial charge in [0.2, 0.25) is 0 Å². The highest BCUT2D eigenvalue weighted by Crippen LogP contribution is 2.29. The number of hydrogen-bond acceptors (Lipinski definition) is 3. The molecule has 1 heterocycles. The van der Waals surface area contributed by atoms with Crippen LogP contribution in [0.25, 0.3) is 0 Å². The van der Waals surface area contributed by atoms with Crippen molar-refractivity contribution in [3.05, 3.63) is 17.5 Å². The van der Waals surface area contributed by atoms with E-state index in [0.717, 1.165) is 12.1 Å². The number of thiocarbonyl (C=S) groups is 1. The quantitative estimate of drug-likeness (QED) is 0.619. The molecule has 0 aromatic carbocycles. The minimum absolute atomic E-state index is 0.0946. The molecule has 10 heteroatoms. The van der Waals surface area contributed by atoms with Crippen molar-refractivity contribution in [2.75, 3.05) is 6.54 Å². The smallest absolute Gasteiger partial charge is 0.375 e. The van der Waals surface area contributed by atoms with Gasteiger partial charge in [-0.25, -0.2) is 0 Å². The maximum absolute atomic E-state index is 12.5. The highest BCUT2D eigenvalue weighted by Gasteiger charge is 2.35. The molecule has 1 rings (SSSR count). The molecule has 0 fully saturated rings. The van der Waals surface area contributed by atoms with Gasteiger partial charge in [-0.2, -0.15) is 18.3 Å². The number of rotatable bonds is 2. The summed E-state index contributed by atoms with van der Waals surface area (Å²) < 4.78 is 38.2. The van der Waals surface area contributed by atoms with Gasteiger partial charge in [-0.05, 0) is 19.1 Å². The second kappa shape index (κ2) is 5.43. The third kappa shape index (κ3) is 3.56. The average Bonchev–Trinajstić information content (AvgIpc) is 2.67. The predicted octanol–water partition coefficient (Wildman–Crippen LogP) is 0.649. The van der Waals surface area contributed by atoms with Crippen LogP contribution in [0.4, 0.5) is 13.2 Å². The van der Waals surface area contributed by atoms with E-state index >= 15 is 0 Å². The molecule has 0 atom stereocenters. The number of hydrazine groups is 1. The standard InChI is InChI=1S/C9H12F3N5OS/c1-3-17(8(13)19)15-7(18)5-4-6(9(10,11)12)16(2)14-5/h4H,3H2,1-2H3,(H2,13,19)(H,15,18). The van der Waals surface area contributed by atoms with Gasteiger partial charge >= 0.3 is 6.18 Å². The summed E-state index contributed by atoms with van der Waals surface area (Å²) in [6.07, 6.45) is -4.58. The minimum atomic E-state index is -4.58. The van der Waals surface area contributed by atoms with Crippen LogP contribution in [0.5, 0.6) is 0 Å². The third-order valence-electron chi connectivity index (χ3n) is 2.22. The van der Waals surface area contributed by atoms with Crippen LogP contribution in [0.1, 0.15) is 23.1 Å². The lowest BCUT2D eigenvalue weighted by Crippen LogP contribution is -2.48. The van der Waals surface area contributed by atoms with Crippen LogP contribution in [-0.4, -0.2) is 32.4 Å². The highest BCUT2D eigenvalue weighted by atomic mass is 32.1. The van der Waals surface area contributed by atoms with Gasteiger partial charge in [-0.15, -0.1) is 0 Å². The number of halogens is 3. The Morgan fingerprint density at radius 2 is 2.21 bits per heavy atom. The van der Waals surface area contributed by atoms with Crippen LogP contribution in [-0.2, 0) is 13.2 Å². The minimum Gasteiger partial charge on any atom is -0.375 e. The number of nitrogens with two attached hydrogens (primary N) is 1. The molecule has 0 spiro atoms. The first-order chi connectivity index (χ1) is 8.66. The van der Waals surface area contributed by atoms with Crippen molar-refractivity contribution < 1.29 is 18.0 Å². The van der Waals surface area contributed by atoms with E-state index in [1.165, 1.54) is 0 Å². The first kappa shape index (κ1) is 15.2. The fourth-order valence-electron chi connectivity index (χ4n) is 1.31. The van der Waals surface area contributed by atoms with Crippen molar-refractivity contribution in [3.63, 3.8) is 0 Å². The summed E-state index contributed by atoms with van der Waals surface area (Å²) in [5, 5.41) is 4.53. The number of aromatic nitrogens is 2. The van der Waals surface area contributed by atoms with Crippen LogP contribution in [0.3, 0.4) is 0 Å². The van der Waals surface area contributed by atoms with Gasteiger partial charge in [-0.3, -0.25) is 19.9 Å². The van der Waals surface area contributed by atoms with E-state index in [9.17, 15) is 18.0 Å². The molecule has 0 radical (unpaired) electrons. The molecule has 106 valence electrons. The Morgan fingerprint density at radius 1 is 1.63 bits per heavy atom. The van der Waals surface area contributed by atoms with E-state index < -0.39 is 17.8 Å². The van der Waals surface area contributed by atoms with Gasteiger partial charge in [0.15, 0.2) is 10.8 Å². The Hall–Kier alpha value is -1.84. The summed E-state index contributed by atoms with van der Waals surface area (Å²) in [4.78, 5) is 11.7. The normalized spacial score (nSPS) is 11.2. The molecule has 1 aromatic rings. The van der Waals surface area contributed by atoms with Crippen molar-refractivity contribution in [2.24, 2.45) is 12.8 Å². The molecule has 0 saturated carbocycles. The van der Waals surface area contributed by atoms with Crippen LogP contribution >= 0.6 is 12.2 Å². The number of hydrogen-bond donors (Lipinski definition) is 2. The molecule has 0 aliphatic heterocycles. The zero-order chi connectivity index (χ0) is 14.8. The van der Waals surface area contributed by atoms with E-state index in [4.69, 9.17) is 5.73 Å². The van der Waals surface area contributed by atoms with Gasteiger partial charge in [0, 0.05) is 19.7 Å². The van der Waals surface area contributed by atoms with Gasteiger partial charge in [0.25, 0.3) is 5.91 Å². The van der Waals surface area contributed by atoms with Gasteiger partial charge in [-0.1, -0.05) is 0 Å². The van der Waals surface area contributed by atoms with Crippen molar-refractivity contribution in [2.45, 2.75) is 13.1 Å². The lowest BCUT2D eigenvalue weighted by atomic mass is 10.3. The number of nitrogens with one attached hydrogen (secondary N) is 1. The molecule has 1 amide bonds. The second-order valence-electron chi connectivity index (χ2n) is 3.56. The SMILES string of the molecule is CCN(NC(=O)c1cc(C(F)(F)F)n(C)n1)C(N)=S. The lowest BCUT2D eigenvalue weighted by Gasteiger charge is -2.20. The molecule has 0 bridgehead atoms. The Kier molecular flexibility index (Phi) is 4.35. The Balaban J connectivity index is 2.93. The number of carbonyl (C=O) groups is 1. The molecule has 0 unspecified atom stereocenters. The molecular formula is C9H12F3N5OS. The molecule has 0 aliphatic rings. The van der Waals surface area contributed by atoms with E-state index in [0.29, 0.717) is 10.7 Å². The summed E-state index contributed by atoms with van der Waals surface area (Å²) in [5.41, 5.74) is 6.19. The van der Waals surface area contributed by atoms with Gasteiger partial charge < -0.3 is 5.73 Å². The zero-order valence-corrected chi connectivity index (χ0v) is 11.0. The zero-order valence-electron chi connectivity index (χ0n) is 10.2. The Bertz CT molecular complexity index is 499. The molecule has 1 aromatic heterocycles. The average molecular weight is 295 g/mol. The molecular weight excluding hydrogens is 283 g/mol. The van der Waals surface area contributed by atoms with E-state index in [-0.39, 0.29) is 17.4 Å². The van der Waals surface area contributed by atoms with Gasteiger partial charge in [0.05, 0.1) is 0 Å². The molecule has 0 aliphatic carbocycles. The van der Waals surface area contributed by atoms with Crippen LogP contribution in [0.2, 0.25) is 0 Å². The Labute approximate surface area is 112 Å². The van der Waals surface area contributed by atoms with Gasteiger partial charge in [0.1, 0.15) is 5.69 Å². The van der Waals surface area contributed by atoms with Crippen LogP contribution < -0.4 is 11.2 Å². The summed E-state index contributed by atoms with van der Waals surface area (Å²) in [6, 6.07) is 0.655. The summed E-state index contributed by atoms with van der Waals surface area (Å²) >= 11 is 4.66. The van der Waals surface area contributed by atoms with Crippen molar-refractivity contribution >= 4 is 23.2 Å². The molecule has 6 nitrogen and oxygen atoms in total. The first-order valence-electron chi connectivity index (χ1n) is 5.16. The van der Waals surface area contributed by atoms with E-state index in [1.807, 2.05) is 0 Å². The monoisotopic (exact) mass is 295 g/mol. The van der Waals surface area contributed by atoms with Crippen LogP contribution in [0, 0.1) is 0 Å². The third-order valence-corrected chi connectivity index (χ3v) is 2.44. The molecule has 19 heavy (non-hydrogen) atoms. The maximum Gasteiger partial charge on any atom is 0.433 e.